The molecule has 1 aromatic rings. The van der Waals surface area contributed by atoms with Crippen LogP contribution < -0.4 is 10.6 Å². The van der Waals surface area contributed by atoms with Gasteiger partial charge < -0.3 is 10.6 Å². The molecule has 0 saturated carbocycles. The lowest BCUT2D eigenvalue weighted by atomic mass is 9.86. The van der Waals surface area contributed by atoms with E-state index in [0.29, 0.717) is 12.1 Å². The maximum atomic E-state index is 12.2. The van der Waals surface area contributed by atoms with Crippen LogP contribution in [0.1, 0.15) is 76.2 Å². The van der Waals surface area contributed by atoms with Gasteiger partial charge in [-0.15, -0.1) is 0 Å². The lowest BCUT2D eigenvalue weighted by Gasteiger charge is -2.19. The third-order valence-corrected chi connectivity index (χ3v) is 4.08. The van der Waals surface area contributed by atoms with Gasteiger partial charge in [0.15, 0.2) is 0 Å². The minimum atomic E-state index is -0.536. The van der Waals surface area contributed by atoms with E-state index in [0.717, 1.165) is 12.8 Å². The molecule has 1 rings (SSSR count). The molecule has 4 nitrogen and oxygen atoms in total. The molecule has 0 radical (unpaired) electrons. The van der Waals surface area contributed by atoms with Crippen molar-refractivity contribution in [1.29, 1.82) is 0 Å². The summed E-state index contributed by atoms with van der Waals surface area (Å²) in [6, 6.07) is 7.02. The lowest BCUT2D eigenvalue weighted by Crippen LogP contribution is -2.45. The van der Waals surface area contributed by atoms with E-state index in [2.05, 4.69) is 38.3 Å². The van der Waals surface area contributed by atoms with Gasteiger partial charge in [0, 0.05) is 12.1 Å². The first-order valence-electron chi connectivity index (χ1n) is 8.94. The van der Waals surface area contributed by atoms with Crippen LogP contribution in [-0.2, 0) is 10.2 Å². The second kappa shape index (κ2) is 9.45. The van der Waals surface area contributed by atoms with Crippen molar-refractivity contribution < 1.29 is 9.59 Å². The molecule has 1 unspecified atom stereocenters. The molecule has 0 aromatic heterocycles. The van der Waals surface area contributed by atoms with Crippen LogP contribution in [0.25, 0.3) is 0 Å². The van der Waals surface area contributed by atoms with E-state index in [-0.39, 0.29) is 17.2 Å². The van der Waals surface area contributed by atoms with Crippen molar-refractivity contribution in [3.63, 3.8) is 0 Å². The Morgan fingerprint density at radius 1 is 1.04 bits per heavy atom. The zero-order valence-electron chi connectivity index (χ0n) is 15.7. The molecular formula is C20H32N2O2. The van der Waals surface area contributed by atoms with Crippen LogP contribution >= 0.6 is 0 Å². The molecular weight excluding hydrogens is 300 g/mol. The maximum Gasteiger partial charge on any atom is 0.251 e. The Morgan fingerprint density at radius 3 is 2.21 bits per heavy atom. The highest BCUT2D eigenvalue weighted by Gasteiger charge is 2.17. The van der Waals surface area contributed by atoms with Gasteiger partial charge in [-0.3, -0.25) is 9.59 Å². The maximum absolute atomic E-state index is 12.2. The molecule has 134 valence electrons. The molecule has 0 heterocycles. The number of unbranched alkanes of at least 4 members (excludes halogenated alkanes) is 3. The fraction of sp³-hybridized carbons (Fsp3) is 0.600. The van der Waals surface area contributed by atoms with Crippen LogP contribution in [0.15, 0.2) is 24.3 Å². The fourth-order valence-corrected chi connectivity index (χ4v) is 2.38. The number of benzene rings is 1. The van der Waals surface area contributed by atoms with E-state index in [1.54, 1.807) is 6.92 Å². The SMILES string of the molecule is CCCCCCNC(=O)C(C)NC(=O)c1ccc(C(C)(C)C)cc1. The van der Waals surface area contributed by atoms with Gasteiger partial charge in [0.1, 0.15) is 6.04 Å². The Morgan fingerprint density at radius 2 is 1.67 bits per heavy atom. The standard InChI is InChI=1S/C20H32N2O2/c1-6-7-8-9-14-21-18(23)15(2)22-19(24)16-10-12-17(13-11-16)20(3,4)5/h10-13,15H,6-9,14H2,1-5H3,(H,21,23)(H,22,24). The van der Waals surface area contributed by atoms with Gasteiger partial charge in [-0.05, 0) is 36.5 Å². The van der Waals surface area contributed by atoms with Crippen LogP contribution in [0.2, 0.25) is 0 Å². The first-order valence-corrected chi connectivity index (χ1v) is 8.94. The van der Waals surface area contributed by atoms with Crippen molar-refractivity contribution in [2.24, 2.45) is 0 Å². The molecule has 2 amide bonds. The summed E-state index contributed by atoms with van der Waals surface area (Å²) in [5, 5.41) is 5.63. The van der Waals surface area contributed by atoms with E-state index in [1.165, 1.54) is 18.4 Å². The second-order valence-electron chi connectivity index (χ2n) is 7.37. The molecule has 0 aliphatic carbocycles. The summed E-state index contributed by atoms with van der Waals surface area (Å²) >= 11 is 0. The quantitative estimate of drug-likeness (QED) is 0.711. The number of amides is 2. The van der Waals surface area contributed by atoms with E-state index in [9.17, 15) is 9.59 Å². The van der Waals surface area contributed by atoms with Crippen molar-refractivity contribution in [3.8, 4) is 0 Å². The van der Waals surface area contributed by atoms with Gasteiger partial charge in [-0.25, -0.2) is 0 Å². The summed E-state index contributed by atoms with van der Waals surface area (Å²) in [6.45, 7) is 10.9. The largest absolute Gasteiger partial charge is 0.354 e. The molecule has 0 spiro atoms. The monoisotopic (exact) mass is 332 g/mol. The van der Waals surface area contributed by atoms with Crippen molar-refractivity contribution in [3.05, 3.63) is 35.4 Å². The fourth-order valence-electron chi connectivity index (χ4n) is 2.38. The third-order valence-electron chi connectivity index (χ3n) is 4.08. The van der Waals surface area contributed by atoms with Crippen LogP contribution in [0, 0.1) is 0 Å². The molecule has 0 aliphatic rings. The minimum absolute atomic E-state index is 0.0555. The number of hydrogen-bond donors (Lipinski definition) is 2. The summed E-state index contributed by atoms with van der Waals surface area (Å²) in [5.74, 6) is -0.352. The molecule has 1 atom stereocenters. The highest BCUT2D eigenvalue weighted by atomic mass is 16.2. The third kappa shape index (κ3) is 6.73. The minimum Gasteiger partial charge on any atom is -0.354 e. The van der Waals surface area contributed by atoms with Gasteiger partial charge in [0.25, 0.3) is 5.91 Å². The van der Waals surface area contributed by atoms with Crippen LogP contribution in [-0.4, -0.2) is 24.4 Å². The normalized spacial score (nSPS) is 12.5. The number of hydrogen-bond acceptors (Lipinski definition) is 2. The Bertz CT molecular complexity index is 530. The Kier molecular flexibility index (Phi) is 7.96. The van der Waals surface area contributed by atoms with Crippen molar-refractivity contribution >= 4 is 11.8 Å². The Hall–Kier alpha value is -1.84. The Balaban J connectivity index is 2.47. The molecule has 1 aromatic carbocycles. The summed E-state index contributed by atoms with van der Waals surface area (Å²) in [7, 11) is 0. The van der Waals surface area contributed by atoms with Crippen LogP contribution in [0.4, 0.5) is 0 Å². The first-order chi connectivity index (χ1) is 11.3. The summed E-state index contributed by atoms with van der Waals surface area (Å²) < 4.78 is 0. The molecule has 0 aliphatic heterocycles. The van der Waals surface area contributed by atoms with Gasteiger partial charge >= 0.3 is 0 Å². The van der Waals surface area contributed by atoms with Gasteiger partial charge in [0.2, 0.25) is 5.91 Å². The smallest absolute Gasteiger partial charge is 0.251 e. The molecule has 0 saturated heterocycles. The average Bonchev–Trinajstić information content (AvgIpc) is 2.53. The molecule has 0 fully saturated rings. The topological polar surface area (TPSA) is 58.2 Å². The van der Waals surface area contributed by atoms with E-state index in [1.807, 2.05) is 24.3 Å². The number of carbonyl (C=O) groups is 2. The van der Waals surface area contributed by atoms with E-state index < -0.39 is 6.04 Å². The van der Waals surface area contributed by atoms with Gasteiger partial charge in [-0.2, -0.15) is 0 Å². The summed E-state index contributed by atoms with van der Waals surface area (Å²) in [4.78, 5) is 24.2. The van der Waals surface area contributed by atoms with E-state index in [4.69, 9.17) is 0 Å². The molecule has 2 N–H and O–H groups in total. The Labute approximate surface area is 146 Å². The lowest BCUT2D eigenvalue weighted by molar-refractivity contribution is -0.122. The molecule has 0 bridgehead atoms. The zero-order chi connectivity index (χ0) is 18.2. The predicted octanol–water partition coefficient (Wildman–Crippen LogP) is 3.80. The summed E-state index contributed by atoms with van der Waals surface area (Å²) in [6.07, 6.45) is 4.47. The highest BCUT2D eigenvalue weighted by Crippen LogP contribution is 2.22. The van der Waals surface area contributed by atoms with Crippen molar-refractivity contribution in [1.82, 2.24) is 10.6 Å². The highest BCUT2D eigenvalue weighted by molar-refractivity contribution is 5.97. The van der Waals surface area contributed by atoms with Gasteiger partial charge in [-0.1, -0.05) is 59.1 Å². The second-order valence-corrected chi connectivity index (χ2v) is 7.37. The molecule has 24 heavy (non-hydrogen) atoms. The summed E-state index contributed by atoms with van der Waals surface area (Å²) in [5.41, 5.74) is 1.81. The van der Waals surface area contributed by atoms with Gasteiger partial charge in [0.05, 0.1) is 0 Å². The first kappa shape index (κ1) is 20.2. The number of rotatable bonds is 8. The van der Waals surface area contributed by atoms with Crippen molar-refractivity contribution in [2.75, 3.05) is 6.54 Å². The number of carbonyl (C=O) groups excluding carboxylic acids is 2. The molecule has 4 heteroatoms. The van der Waals surface area contributed by atoms with Crippen molar-refractivity contribution in [2.45, 2.75) is 71.8 Å². The average molecular weight is 332 g/mol. The van der Waals surface area contributed by atoms with Crippen LogP contribution in [0.5, 0.6) is 0 Å². The van der Waals surface area contributed by atoms with Crippen LogP contribution in [0.3, 0.4) is 0 Å². The predicted molar refractivity (Wildman–Crippen MR) is 99.2 cm³/mol. The zero-order valence-corrected chi connectivity index (χ0v) is 15.7. The van der Waals surface area contributed by atoms with E-state index >= 15 is 0 Å². The number of nitrogens with one attached hydrogen (secondary N) is 2.